The fraction of sp³-hybridized carbons (Fsp3) is 0.409. The number of urea groups is 1. The molecular formula is C44H53N8O6+. The first kappa shape index (κ1) is 40.5. The van der Waals surface area contributed by atoms with E-state index in [1.807, 2.05) is 106 Å². The summed E-state index contributed by atoms with van der Waals surface area (Å²) in [6, 6.07) is 18.4. The van der Waals surface area contributed by atoms with Crippen LogP contribution >= 0.6 is 0 Å². The Balaban J connectivity index is 1.17. The minimum atomic E-state index is -0.758. The zero-order chi connectivity index (χ0) is 41.5. The van der Waals surface area contributed by atoms with E-state index in [0.717, 1.165) is 30.4 Å². The number of carbonyl (C=O) groups excluding carboxylic acids is 4. The van der Waals surface area contributed by atoms with Gasteiger partial charge in [0.15, 0.2) is 5.76 Å². The van der Waals surface area contributed by atoms with Gasteiger partial charge < -0.3 is 19.8 Å². The number of aromatic nitrogens is 3. The number of hydrogen-bond acceptors (Lipinski definition) is 10. The summed E-state index contributed by atoms with van der Waals surface area (Å²) in [6.45, 7) is 8.54. The number of likely N-dealkylation sites (N-methyl/N-ethyl adjacent to an activating group) is 1. The molecule has 4 amide bonds. The van der Waals surface area contributed by atoms with Crippen LogP contribution in [0.1, 0.15) is 75.5 Å². The lowest BCUT2D eigenvalue weighted by Gasteiger charge is -2.35. The summed E-state index contributed by atoms with van der Waals surface area (Å²) < 4.78 is 12.7. The van der Waals surface area contributed by atoms with Crippen molar-refractivity contribution in [2.24, 2.45) is 11.7 Å². The minimum Gasteiger partial charge on any atom is -0.452 e. The van der Waals surface area contributed by atoms with Crippen LogP contribution in [0, 0.1) is 12.8 Å². The minimum absolute atomic E-state index is 0.0636. The molecule has 1 unspecified atom stereocenters. The summed E-state index contributed by atoms with van der Waals surface area (Å²) in [6.07, 6.45) is 3.93. The molecule has 0 bridgehead atoms. The lowest BCUT2D eigenvalue weighted by atomic mass is 10.0. The molecule has 2 aromatic heterocycles. The van der Waals surface area contributed by atoms with Crippen LogP contribution in [0.4, 0.5) is 15.3 Å². The van der Waals surface area contributed by atoms with Crippen LogP contribution in [0.2, 0.25) is 0 Å². The van der Waals surface area contributed by atoms with Crippen molar-refractivity contribution < 1.29 is 32.8 Å². The van der Waals surface area contributed by atoms with Crippen LogP contribution in [0.25, 0.3) is 33.8 Å². The Bertz CT molecular complexity index is 2350. The van der Waals surface area contributed by atoms with Crippen molar-refractivity contribution in [3.05, 3.63) is 89.9 Å². The summed E-state index contributed by atoms with van der Waals surface area (Å²) >= 11 is 0. The van der Waals surface area contributed by atoms with Gasteiger partial charge in [0.2, 0.25) is 11.8 Å². The normalized spacial score (nSPS) is 20.5. The highest BCUT2D eigenvalue weighted by Crippen LogP contribution is 2.38. The summed E-state index contributed by atoms with van der Waals surface area (Å²) in [5.41, 5.74) is 11.0. The molecule has 3 N–H and O–H groups in total. The average Bonchev–Trinajstić information content (AvgIpc) is 4.04. The van der Waals surface area contributed by atoms with Gasteiger partial charge in [-0.1, -0.05) is 50.2 Å². The summed E-state index contributed by atoms with van der Waals surface area (Å²) in [7, 11) is 5.10. The van der Waals surface area contributed by atoms with E-state index >= 15 is 0 Å². The SMILES string of the molecule is COC(=O)n1c([C@@H]2CCCN2C(=O)[C@@H](c2ccccc2)N(C)C)nc2cc(-c3cnc(-c4ccc(C)c(NC(=O)[N+]5(C(=O)[C@@H](N)C(C)C)CCC[C@H]5C)c4)o3)ccc21. The number of ether oxygens (including phenoxy) is 1. The van der Waals surface area contributed by atoms with Gasteiger partial charge >= 0.3 is 18.0 Å². The van der Waals surface area contributed by atoms with E-state index in [4.69, 9.17) is 19.9 Å². The molecule has 7 rings (SSSR count). The number of methoxy groups -OCH3 is 1. The van der Waals surface area contributed by atoms with Gasteiger partial charge in [-0.3, -0.25) is 15.0 Å². The van der Waals surface area contributed by atoms with E-state index in [1.165, 1.54) is 11.7 Å². The maximum atomic E-state index is 14.2. The lowest BCUT2D eigenvalue weighted by molar-refractivity contribution is -0.783. The molecule has 5 aromatic rings. The number of nitrogens with one attached hydrogen (secondary N) is 1. The molecule has 3 aromatic carbocycles. The number of oxazole rings is 1. The summed E-state index contributed by atoms with van der Waals surface area (Å²) in [5.74, 6) is 0.800. The molecule has 2 aliphatic rings. The molecule has 0 saturated carbocycles. The number of fused-ring (bicyclic) bond motifs is 1. The smallest absolute Gasteiger partial charge is 0.428 e. The first-order chi connectivity index (χ1) is 27.8. The van der Waals surface area contributed by atoms with E-state index in [2.05, 4.69) is 10.3 Å². The Morgan fingerprint density at radius 3 is 2.41 bits per heavy atom. The van der Waals surface area contributed by atoms with E-state index < -0.39 is 30.2 Å². The number of hydrogen-bond donors (Lipinski definition) is 2. The van der Waals surface area contributed by atoms with E-state index in [-0.39, 0.29) is 28.3 Å². The number of aryl methyl sites for hydroxylation is 1. The Kier molecular flexibility index (Phi) is 11.4. The van der Waals surface area contributed by atoms with Crippen LogP contribution in [0.15, 0.2) is 77.3 Å². The molecule has 4 heterocycles. The second-order valence-corrected chi connectivity index (χ2v) is 16.1. The zero-order valence-corrected chi connectivity index (χ0v) is 34.3. The molecular weight excluding hydrogens is 737 g/mol. The maximum absolute atomic E-state index is 14.2. The third-order valence-corrected chi connectivity index (χ3v) is 11.9. The number of anilines is 1. The highest BCUT2D eigenvalue weighted by molar-refractivity contribution is 5.95. The number of quaternary nitrogens is 1. The van der Waals surface area contributed by atoms with Gasteiger partial charge in [0.1, 0.15) is 23.9 Å². The molecule has 2 aliphatic heterocycles. The molecule has 2 fully saturated rings. The van der Waals surface area contributed by atoms with Crippen LogP contribution in [0.3, 0.4) is 0 Å². The van der Waals surface area contributed by atoms with E-state index in [9.17, 15) is 19.2 Å². The van der Waals surface area contributed by atoms with Crippen molar-refractivity contribution >= 4 is 40.7 Å². The van der Waals surface area contributed by atoms with Gasteiger partial charge in [0.25, 0.3) is 0 Å². The van der Waals surface area contributed by atoms with Crippen LogP contribution in [-0.4, -0.2) is 99.1 Å². The second kappa shape index (κ2) is 16.3. The largest absolute Gasteiger partial charge is 0.452 e. The van der Waals surface area contributed by atoms with Crippen LogP contribution in [-0.2, 0) is 14.3 Å². The second-order valence-electron chi connectivity index (χ2n) is 16.1. The predicted octanol–water partition coefficient (Wildman–Crippen LogP) is 7.29. The number of amides is 4. The highest BCUT2D eigenvalue weighted by Gasteiger charge is 2.54. The van der Waals surface area contributed by atoms with Gasteiger partial charge in [-0.2, -0.15) is 4.48 Å². The van der Waals surface area contributed by atoms with Gasteiger partial charge in [0.05, 0.1) is 36.9 Å². The molecule has 14 nitrogen and oxygen atoms in total. The van der Waals surface area contributed by atoms with Gasteiger partial charge in [-0.15, -0.1) is 0 Å². The average molecular weight is 790 g/mol. The zero-order valence-electron chi connectivity index (χ0n) is 34.3. The third kappa shape index (κ3) is 7.20. The van der Waals surface area contributed by atoms with E-state index in [1.54, 1.807) is 18.3 Å². The number of benzene rings is 3. The standard InChI is InChI=1S/C44H52N8O6/c1-26(2)37(45)42(54)52(22-12-13-28(52)4)43(55)48-32-24-31(18-17-27(32)3)40-46-25-36(58-40)30-19-20-34-33(23-30)47-39(51(34)44(56)57-7)35-16-11-21-50(35)41(53)38(49(5)6)29-14-9-8-10-15-29/h8-10,14-15,17-20,23-26,28,35,37-38H,11-13,16,21-22,45H2,1-7H3/p+1/t28-,35+,37+,38-,52?/m1/s1. The molecule has 5 atom stereocenters. The molecule has 304 valence electrons. The first-order valence-corrected chi connectivity index (χ1v) is 20.0. The molecule has 58 heavy (non-hydrogen) atoms. The Labute approximate surface area is 338 Å². The third-order valence-electron chi connectivity index (χ3n) is 11.9. The van der Waals surface area contributed by atoms with Crippen molar-refractivity contribution in [3.63, 3.8) is 0 Å². The number of likely N-dealkylation sites (tertiary alicyclic amines) is 2. The number of imide groups is 1. The summed E-state index contributed by atoms with van der Waals surface area (Å²) in [5, 5.41) is 3.05. The molecule has 0 aliphatic carbocycles. The quantitative estimate of drug-likeness (QED) is 0.145. The lowest BCUT2D eigenvalue weighted by Crippen LogP contribution is -2.65. The maximum Gasteiger partial charge on any atom is 0.428 e. The van der Waals surface area contributed by atoms with Gasteiger partial charge in [0, 0.05) is 36.2 Å². The topological polar surface area (TPSA) is 166 Å². The van der Waals surface area contributed by atoms with Crippen molar-refractivity contribution in [2.45, 2.75) is 77.5 Å². The number of imidazole rings is 1. The Morgan fingerprint density at radius 2 is 1.74 bits per heavy atom. The van der Waals surface area contributed by atoms with Crippen molar-refractivity contribution in [2.75, 3.05) is 39.6 Å². The van der Waals surface area contributed by atoms with Crippen molar-refractivity contribution in [1.82, 2.24) is 24.3 Å². The predicted molar refractivity (Wildman–Crippen MR) is 220 cm³/mol. The summed E-state index contributed by atoms with van der Waals surface area (Å²) in [4.78, 5) is 68.6. The monoisotopic (exact) mass is 789 g/mol. The molecule has 0 spiro atoms. The van der Waals surface area contributed by atoms with Crippen LogP contribution in [0.5, 0.6) is 0 Å². The van der Waals surface area contributed by atoms with Crippen molar-refractivity contribution in [3.8, 4) is 22.8 Å². The molecule has 2 saturated heterocycles. The molecule has 14 heteroatoms. The number of rotatable bonds is 9. The highest BCUT2D eigenvalue weighted by atomic mass is 16.5. The number of carbonyl (C=O) groups is 4. The van der Waals surface area contributed by atoms with Crippen LogP contribution < -0.4 is 11.1 Å². The Hall–Kier alpha value is -5.70. The number of nitrogens with two attached hydrogens (primary N) is 1. The fourth-order valence-electron chi connectivity index (χ4n) is 8.51. The van der Waals surface area contributed by atoms with E-state index in [0.29, 0.717) is 64.8 Å². The fourth-order valence-corrected chi connectivity index (χ4v) is 8.51. The first-order valence-electron chi connectivity index (χ1n) is 20.0. The number of nitrogens with zero attached hydrogens (tertiary/aromatic N) is 6. The van der Waals surface area contributed by atoms with Crippen molar-refractivity contribution in [1.29, 1.82) is 0 Å². The van der Waals surface area contributed by atoms with Gasteiger partial charge in [-0.25, -0.2) is 28.9 Å². The van der Waals surface area contributed by atoms with Gasteiger partial charge in [-0.05, 0) is 88.2 Å². The molecule has 0 radical (unpaired) electrons. The Morgan fingerprint density at radius 1 is 1.00 bits per heavy atom.